The van der Waals surface area contributed by atoms with Crippen LogP contribution < -0.4 is 5.32 Å². The zero-order chi connectivity index (χ0) is 27.9. The SMILES string of the molecule is CCOC(=O)[C@@H](C[C@@H](Cc1ccc(-c2cc(Cl)ccc2F)cc1)NC(=O)OC(C)(C)C)CN1CC(OC)C1. The van der Waals surface area contributed by atoms with Gasteiger partial charge in [-0.25, -0.2) is 9.18 Å². The number of alkyl carbamates (subject to hydrolysis) is 1. The number of hydrogen-bond acceptors (Lipinski definition) is 6. The molecule has 7 nitrogen and oxygen atoms in total. The lowest BCUT2D eigenvalue weighted by Gasteiger charge is -2.40. The van der Waals surface area contributed by atoms with E-state index in [0.29, 0.717) is 35.5 Å². The Morgan fingerprint density at radius 3 is 2.45 bits per heavy atom. The van der Waals surface area contributed by atoms with Crippen molar-refractivity contribution >= 4 is 23.7 Å². The number of nitrogens with zero attached hydrogens (tertiary/aromatic N) is 1. The third kappa shape index (κ3) is 8.96. The maximum absolute atomic E-state index is 14.3. The largest absolute Gasteiger partial charge is 0.466 e. The molecule has 1 amide bonds. The van der Waals surface area contributed by atoms with E-state index in [4.69, 9.17) is 25.8 Å². The highest BCUT2D eigenvalue weighted by Crippen LogP contribution is 2.27. The summed E-state index contributed by atoms with van der Waals surface area (Å²) in [5, 5.41) is 3.41. The highest BCUT2D eigenvalue weighted by molar-refractivity contribution is 6.30. The van der Waals surface area contributed by atoms with Crippen molar-refractivity contribution in [2.75, 3.05) is 33.4 Å². The smallest absolute Gasteiger partial charge is 0.407 e. The molecule has 1 aliphatic rings. The summed E-state index contributed by atoms with van der Waals surface area (Å²) in [6, 6.07) is 11.5. The molecule has 0 spiro atoms. The second kappa shape index (κ2) is 13.4. The van der Waals surface area contributed by atoms with Gasteiger partial charge in [-0.05, 0) is 69.9 Å². The third-order valence-corrected chi connectivity index (χ3v) is 6.56. The van der Waals surface area contributed by atoms with Crippen molar-refractivity contribution in [3.8, 4) is 11.1 Å². The lowest BCUT2D eigenvalue weighted by atomic mass is 9.92. The van der Waals surface area contributed by atoms with E-state index in [1.54, 1.807) is 40.9 Å². The number of carbonyl (C=O) groups is 2. The van der Waals surface area contributed by atoms with Crippen LogP contribution in [0.5, 0.6) is 0 Å². The van der Waals surface area contributed by atoms with Crippen LogP contribution in [0, 0.1) is 11.7 Å². The van der Waals surface area contributed by atoms with Gasteiger partial charge < -0.3 is 19.5 Å². The molecule has 0 bridgehead atoms. The monoisotopic (exact) mass is 548 g/mol. The van der Waals surface area contributed by atoms with E-state index in [1.807, 2.05) is 24.3 Å². The Morgan fingerprint density at radius 2 is 1.84 bits per heavy atom. The van der Waals surface area contributed by atoms with Gasteiger partial charge in [-0.1, -0.05) is 35.9 Å². The molecule has 2 atom stereocenters. The van der Waals surface area contributed by atoms with Crippen LogP contribution in [0.4, 0.5) is 9.18 Å². The Morgan fingerprint density at radius 1 is 1.16 bits per heavy atom. The molecule has 1 fully saturated rings. The zero-order valence-electron chi connectivity index (χ0n) is 22.8. The lowest BCUT2D eigenvalue weighted by Crippen LogP contribution is -2.54. The van der Waals surface area contributed by atoms with Gasteiger partial charge in [-0.15, -0.1) is 0 Å². The highest BCUT2D eigenvalue weighted by atomic mass is 35.5. The summed E-state index contributed by atoms with van der Waals surface area (Å²) in [5.41, 5.74) is 1.37. The van der Waals surface area contributed by atoms with Crippen LogP contribution in [-0.4, -0.2) is 68.1 Å². The second-order valence-electron chi connectivity index (χ2n) is 10.6. The summed E-state index contributed by atoms with van der Waals surface area (Å²) in [4.78, 5) is 27.7. The number of benzene rings is 2. The standard InChI is InChI=1S/C29H38ClFN2O5/c1-6-37-27(34)21(16-33-17-24(18-33)36-5)14-23(32-28(35)38-29(2,3)4)13-19-7-9-20(10-8-19)25-15-22(30)11-12-26(25)31/h7-12,15,21,23-24H,6,13-14,16-18H2,1-5H3,(H,32,35)/t21-,23+/m0/s1. The number of esters is 1. The molecule has 0 aromatic heterocycles. The Kier molecular flexibility index (Phi) is 10.5. The number of hydrogen-bond donors (Lipinski definition) is 1. The fraction of sp³-hybridized carbons (Fsp3) is 0.517. The summed E-state index contributed by atoms with van der Waals surface area (Å²) < 4.78 is 30.5. The Labute approximate surface area is 229 Å². The minimum Gasteiger partial charge on any atom is -0.466 e. The van der Waals surface area contributed by atoms with E-state index in [1.165, 1.54) is 12.1 Å². The first-order valence-corrected chi connectivity index (χ1v) is 13.3. The van der Waals surface area contributed by atoms with Crippen molar-refractivity contribution < 1.29 is 28.2 Å². The molecule has 1 heterocycles. The number of methoxy groups -OCH3 is 1. The van der Waals surface area contributed by atoms with Crippen LogP contribution in [0.1, 0.15) is 39.7 Å². The normalized spacial score (nSPS) is 15.9. The van der Waals surface area contributed by atoms with Gasteiger partial charge in [0.1, 0.15) is 11.4 Å². The Bertz CT molecular complexity index is 1080. The molecule has 3 rings (SSSR count). The fourth-order valence-electron chi connectivity index (χ4n) is 4.47. The predicted octanol–water partition coefficient (Wildman–Crippen LogP) is 5.48. The first-order chi connectivity index (χ1) is 18.0. The zero-order valence-corrected chi connectivity index (χ0v) is 23.5. The predicted molar refractivity (Wildman–Crippen MR) is 146 cm³/mol. The van der Waals surface area contributed by atoms with Crippen molar-refractivity contribution in [3.63, 3.8) is 0 Å². The number of carbonyl (C=O) groups excluding carboxylic acids is 2. The van der Waals surface area contributed by atoms with Crippen molar-refractivity contribution in [2.45, 2.75) is 58.3 Å². The summed E-state index contributed by atoms with van der Waals surface area (Å²) >= 11 is 6.06. The Balaban J connectivity index is 1.78. The van der Waals surface area contributed by atoms with E-state index in [-0.39, 0.29) is 24.5 Å². The van der Waals surface area contributed by atoms with Crippen molar-refractivity contribution in [3.05, 3.63) is 58.9 Å². The molecule has 0 aliphatic carbocycles. The van der Waals surface area contributed by atoms with Gasteiger partial charge in [0, 0.05) is 43.4 Å². The number of nitrogens with one attached hydrogen (secondary N) is 1. The van der Waals surface area contributed by atoms with Crippen molar-refractivity contribution in [1.29, 1.82) is 0 Å². The molecule has 0 unspecified atom stereocenters. The van der Waals surface area contributed by atoms with E-state index in [2.05, 4.69) is 10.2 Å². The third-order valence-electron chi connectivity index (χ3n) is 6.32. The van der Waals surface area contributed by atoms with Crippen LogP contribution in [0.25, 0.3) is 11.1 Å². The van der Waals surface area contributed by atoms with Crippen LogP contribution in [0.15, 0.2) is 42.5 Å². The molecule has 0 radical (unpaired) electrons. The van der Waals surface area contributed by atoms with Gasteiger partial charge in [0.25, 0.3) is 0 Å². The van der Waals surface area contributed by atoms with E-state index in [9.17, 15) is 14.0 Å². The van der Waals surface area contributed by atoms with Crippen molar-refractivity contribution in [1.82, 2.24) is 10.2 Å². The number of rotatable bonds is 11. The molecule has 2 aromatic carbocycles. The second-order valence-corrected chi connectivity index (χ2v) is 11.1. The van der Waals surface area contributed by atoms with E-state index >= 15 is 0 Å². The van der Waals surface area contributed by atoms with Gasteiger partial charge in [0.2, 0.25) is 0 Å². The van der Waals surface area contributed by atoms with Gasteiger partial charge in [-0.2, -0.15) is 0 Å². The molecule has 1 saturated heterocycles. The number of halogens is 2. The average Bonchev–Trinajstić information content (AvgIpc) is 2.81. The van der Waals surface area contributed by atoms with Crippen molar-refractivity contribution in [2.24, 2.45) is 5.92 Å². The van der Waals surface area contributed by atoms with Gasteiger partial charge in [0.05, 0.1) is 18.6 Å². The minimum absolute atomic E-state index is 0.163. The quantitative estimate of drug-likeness (QED) is 0.375. The number of likely N-dealkylation sites (tertiary alicyclic amines) is 1. The molecular weight excluding hydrogens is 511 g/mol. The first-order valence-electron chi connectivity index (χ1n) is 12.9. The maximum atomic E-state index is 14.3. The van der Waals surface area contributed by atoms with Crippen LogP contribution in [0.2, 0.25) is 5.02 Å². The molecule has 1 aliphatic heterocycles. The van der Waals surface area contributed by atoms with Gasteiger partial charge >= 0.3 is 12.1 Å². The fourth-order valence-corrected chi connectivity index (χ4v) is 4.64. The summed E-state index contributed by atoms with van der Waals surface area (Å²) in [6.07, 6.45) is 0.438. The lowest BCUT2D eigenvalue weighted by molar-refractivity contribution is -0.150. The van der Waals surface area contributed by atoms with Crippen LogP contribution in [-0.2, 0) is 25.4 Å². The minimum atomic E-state index is -0.662. The summed E-state index contributed by atoms with van der Waals surface area (Å²) in [5.74, 6) is -1.09. The number of amides is 1. The first kappa shape index (κ1) is 29.9. The summed E-state index contributed by atoms with van der Waals surface area (Å²) in [7, 11) is 1.68. The molecule has 2 aromatic rings. The number of ether oxygens (including phenoxy) is 3. The highest BCUT2D eigenvalue weighted by Gasteiger charge is 2.33. The summed E-state index contributed by atoms with van der Waals surface area (Å²) in [6.45, 7) is 9.46. The van der Waals surface area contributed by atoms with E-state index in [0.717, 1.165) is 18.7 Å². The molecule has 1 N–H and O–H groups in total. The topological polar surface area (TPSA) is 77.1 Å². The molecule has 38 heavy (non-hydrogen) atoms. The van der Waals surface area contributed by atoms with Crippen LogP contribution >= 0.6 is 11.6 Å². The van der Waals surface area contributed by atoms with Gasteiger partial charge in [0.15, 0.2) is 0 Å². The maximum Gasteiger partial charge on any atom is 0.407 e. The average molecular weight is 549 g/mol. The van der Waals surface area contributed by atoms with Gasteiger partial charge in [-0.3, -0.25) is 9.69 Å². The molecular formula is C29H38ClFN2O5. The van der Waals surface area contributed by atoms with E-state index < -0.39 is 23.7 Å². The molecule has 9 heteroatoms. The molecule has 0 saturated carbocycles. The van der Waals surface area contributed by atoms with Crippen LogP contribution in [0.3, 0.4) is 0 Å². The Hall–Kier alpha value is -2.68. The molecule has 208 valence electrons.